The predicted octanol–water partition coefficient (Wildman–Crippen LogP) is 1.91. The molecule has 1 aromatic rings. The molecule has 2 aliphatic carbocycles. The third-order valence-corrected chi connectivity index (χ3v) is 5.04. The summed E-state index contributed by atoms with van der Waals surface area (Å²) in [5, 5.41) is 8.95. The fourth-order valence-corrected chi connectivity index (χ4v) is 3.92. The number of carbonyl (C=O) groups excluding carboxylic acids is 2. The van der Waals surface area contributed by atoms with E-state index in [-0.39, 0.29) is 12.5 Å². The Hall–Kier alpha value is -2.55. The molecule has 2 amide bonds. The normalized spacial score (nSPS) is 24.2. The van der Waals surface area contributed by atoms with Gasteiger partial charge in [0.2, 0.25) is 5.91 Å². The second kappa shape index (κ2) is 7.35. The highest BCUT2D eigenvalue weighted by Gasteiger charge is 2.40. The van der Waals surface area contributed by atoms with Crippen molar-refractivity contribution in [2.75, 3.05) is 6.61 Å². The fourth-order valence-electron chi connectivity index (χ4n) is 3.92. The van der Waals surface area contributed by atoms with E-state index in [1.807, 2.05) is 6.07 Å². The van der Waals surface area contributed by atoms with Crippen molar-refractivity contribution in [1.82, 2.24) is 10.9 Å². The standard InChI is InChI=1S/C18H21N3O3/c19-10-14-3-1-2-4-16(14)24-11-18(23)21-20-17(22)9-15-8-12-5-6-13(15)7-12/h1-4,12-13,15H,5-9,11H2,(H,20,22)(H,21,23)/t12-,13+,15-/m0/s1. The third-order valence-electron chi connectivity index (χ3n) is 5.04. The lowest BCUT2D eigenvalue weighted by atomic mass is 9.86. The summed E-state index contributed by atoms with van der Waals surface area (Å²) in [6.07, 6.45) is 5.41. The first kappa shape index (κ1) is 16.3. The van der Waals surface area contributed by atoms with Gasteiger partial charge >= 0.3 is 0 Å². The van der Waals surface area contributed by atoms with Crippen LogP contribution in [0.15, 0.2) is 24.3 Å². The molecule has 2 saturated carbocycles. The maximum absolute atomic E-state index is 11.9. The van der Waals surface area contributed by atoms with Gasteiger partial charge in [-0.2, -0.15) is 5.26 Å². The summed E-state index contributed by atoms with van der Waals surface area (Å²) in [4.78, 5) is 23.7. The van der Waals surface area contributed by atoms with Gasteiger partial charge in [0, 0.05) is 6.42 Å². The van der Waals surface area contributed by atoms with Crippen LogP contribution >= 0.6 is 0 Å². The summed E-state index contributed by atoms with van der Waals surface area (Å²) < 4.78 is 5.31. The fraction of sp³-hybridized carbons (Fsp3) is 0.500. The SMILES string of the molecule is N#Cc1ccccc1OCC(=O)NNC(=O)C[C@@H]1C[C@H]2CC[C@@H]1C2. The van der Waals surface area contributed by atoms with Crippen molar-refractivity contribution in [3.63, 3.8) is 0 Å². The van der Waals surface area contributed by atoms with Gasteiger partial charge in [-0.1, -0.05) is 18.6 Å². The monoisotopic (exact) mass is 327 g/mol. The number of rotatable bonds is 5. The molecule has 0 radical (unpaired) electrons. The molecule has 2 aliphatic rings. The van der Waals surface area contributed by atoms with Crippen molar-refractivity contribution in [2.45, 2.75) is 32.1 Å². The van der Waals surface area contributed by atoms with Gasteiger partial charge in [0.1, 0.15) is 11.8 Å². The van der Waals surface area contributed by atoms with E-state index in [0.29, 0.717) is 29.6 Å². The molecule has 6 nitrogen and oxygen atoms in total. The van der Waals surface area contributed by atoms with Gasteiger partial charge in [-0.25, -0.2) is 0 Å². The highest BCUT2D eigenvalue weighted by Crippen LogP contribution is 2.49. The van der Waals surface area contributed by atoms with Crippen LogP contribution in [0, 0.1) is 29.1 Å². The summed E-state index contributed by atoms with van der Waals surface area (Å²) in [6.45, 7) is -0.257. The highest BCUT2D eigenvalue weighted by atomic mass is 16.5. The minimum Gasteiger partial charge on any atom is -0.482 e. The summed E-state index contributed by atoms with van der Waals surface area (Å²) in [5.41, 5.74) is 5.18. The van der Waals surface area contributed by atoms with E-state index in [4.69, 9.17) is 10.00 Å². The van der Waals surface area contributed by atoms with E-state index in [9.17, 15) is 9.59 Å². The molecule has 3 rings (SSSR count). The number of ether oxygens (including phenoxy) is 1. The number of fused-ring (bicyclic) bond motifs is 2. The summed E-state index contributed by atoms with van der Waals surface area (Å²) in [5.74, 6) is 1.68. The van der Waals surface area contributed by atoms with E-state index in [1.165, 1.54) is 19.3 Å². The van der Waals surface area contributed by atoms with Gasteiger partial charge in [0.05, 0.1) is 5.56 Å². The van der Waals surface area contributed by atoms with E-state index in [0.717, 1.165) is 12.3 Å². The molecule has 0 aromatic heterocycles. The van der Waals surface area contributed by atoms with E-state index in [2.05, 4.69) is 10.9 Å². The molecule has 0 aliphatic heterocycles. The highest BCUT2D eigenvalue weighted by molar-refractivity contribution is 5.82. The van der Waals surface area contributed by atoms with Crippen molar-refractivity contribution >= 4 is 11.8 Å². The Balaban J connectivity index is 1.38. The number of hydrazine groups is 1. The topological polar surface area (TPSA) is 91.2 Å². The van der Waals surface area contributed by atoms with Crippen molar-refractivity contribution in [3.05, 3.63) is 29.8 Å². The number of nitrogens with zero attached hydrogens (tertiary/aromatic N) is 1. The van der Waals surface area contributed by atoms with Crippen molar-refractivity contribution < 1.29 is 14.3 Å². The molecular weight excluding hydrogens is 306 g/mol. The number of nitrogens with one attached hydrogen (secondary N) is 2. The number of benzene rings is 1. The molecule has 0 heterocycles. The Labute approximate surface area is 141 Å². The predicted molar refractivity (Wildman–Crippen MR) is 86.5 cm³/mol. The smallest absolute Gasteiger partial charge is 0.276 e. The average Bonchev–Trinajstić information content (AvgIpc) is 3.21. The van der Waals surface area contributed by atoms with E-state index >= 15 is 0 Å². The van der Waals surface area contributed by atoms with Crippen LogP contribution in [-0.2, 0) is 9.59 Å². The van der Waals surface area contributed by atoms with Gasteiger partial charge in [-0.3, -0.25) is 20.4 Å². The van der Waals surface area contributed by atoms with Crippen LogP contribution in [-0.4, -0.2) is 18.4 Å². The zero-order valence-corrected chi connectivity index (χ0v) is 13.5. The van der Waals surface area contributed by atoms with Crippen molar-refractivity contribution in [2.24, 2.45) is 17.8 Å². The maximum atomic E-state index is 11.9. The van der Waals surface area contributed by atoms with E-state index < -0.39 is 5.91 Å². The van der Waals surface area contributed by atoms with Crippen LogP contribution in [0.3, 0.4) is 0 Å². The van der Waals surface area contributed by atoms with Gasteiger partial charge in [0.15, 0.2) is 6.61 Å². The number of carbonyl (C=O) groups is 2. The molecule has 3 atom stereocenters. The molecule has 6 heteroatoms. The molecule has 126 valence electrons. The number of para-hydroxylation sites is 1. The minimum absolute atomic E-state index is 0.154. The Morgan fingerprint density at radius 3 is 2.67 bits per heavy atom. The Kier molecular flexibility index (Phi) is 4.99. The number of hydrogen-bond acceptors (Lipinski definition) is 4. The summed E-state index contributed by atoms with van der Waals surface area (Å²) >= 11 is 0. The zero-order chi connectivity index (χ0) is 16.9. The molecule has 24 heavy (non-hydrogen) atoms. The molecule has 0 unspecified atom stereocenters. The molecular formula is C18H21N3O3. The summed E-state index contributed by atoms with van der Waals surface area (Å²) in [6, 6.07) is 8.69. The first-order valence-corrected chi connectivity index (χ1v) is 8.35. The molecule has 2 bridgehead atoms. The second-order valence-electron chi connectivity index (χ2n) is 6.63. The largest absolute Gasteiger partial charge is 0.482 e. The molecule has 0 spiro atoms. The lowest BCUT2D eigenvalue weighted by molar-refractivity contribution is -0.130. The van der Waals surface area contributed by atoms with Crippen LogP contribution in [0.4, 0.5) is 0 Å². The first-order chi connectivity index (χ1) is 11.7. The number of hydrogen-bond donors (Lipinski definition) is 2. The lowest BCUT2D eigenvalue weighted by Crippen LogP contribution is -2.44. The van der Waals surface area contributed by atoms with Crippen LogP contribution in [0.1, 0.15) is 37.7 Å². The van der Waals surface area contributed by atoms with Crippen molar-refractivity contribution in [3.8, 4) is 11.8 Å². The molecule has 2 N–H and O–H groups in total. The molecule has 2 fully saturated rings. The van der Waals surface area contributed by atoms with Crippen LogP contribution < -0.4 is 15.6 Å². The van der Waals surface area contributed by atoms with Crippen molar-refractivity contribution in [1.29, 1.82) is 5.26 Å². The van der Waals surface area contributed by atoms with Crippen LogP contribution in [0.2, 0.25) is 0 Å². The number of amides is 2. The zero-order valence-electron chi connectivity index (χ0n) is 13.5. The Bertz CT molecular complexity index is 668. The van der Waals surface area contributed by atoms with Gasteiger partial charge in [-0.05, 0) is 49.1 Å². The third kappa shape index (κ3) is 3.85. The molecule has 0 saturated heterocycles. The Morgan fingerprint density at radius 2 is 1.96 bits per heavy atom. The van der Waals surface area contributed by atoms with Gasteiger partial charge in [0.25, 0.3) is 5.91 Å². The molecule has 1 aromatic carbocycles. The average molecular weight is 327 g/mol. The lowest BCUT2D eigenvalue weighted by Gasteiger charge is -2.20. The summed E-state index contributed by atoms with van der Waals surface area (Å²) in [7, 11) is 0. The van der Waals surface area contributed by atoms with E-state index in [1.54, 1.807) is 24.3 Å². The minimum atomic E-state index is -0.455. The van der Waals surface area contributed by atoms with Crippen LogP contribution in [0.25, 0.3) is 0 Å². The first-order valence-electron chi connectivity index (χ1n) is 8.35. The number of nitriles is 1. The van der Waals surface area contributed by atoms with Gasteiger partial charge < -0.3 is 4.74 Å². The quantitative estimate of drug-likeness (QED) is 0.808. The van der Waals surface area contributed by atoms with Gasteiger partial charge in [-0.15, -0.1) is 0 Å². The van der Waals surface area contributed by atoms with Crippen LogP contribution in [0.5, 0.6) is 5.75 Å². The second-order valence-corrected chi connectivity index (χ2v) is 6.63. The Morgan fingerprint density at radius 1 is 1.17 bits per heavy atom. The maximum Gasteiger partial charge on any atom is 0.276 e.